The Hall–Kier alpha value is -4.48. The predicted molar refractivity (Wildman–Crippen MR) is 122 cm³/mol. The summed E-state index contributed by atoms with van der Waals surface area (Å²) in [5, 5.41) is 17.7. The average molecular weight is 483 g/mol. The Bertz CT molecular complexity index is 1400. The number of ether oxygens (including phenoxy) is 1. The summed E-state index contributed by atoms with van der Waals surface area (Å²) in [4.78, 5) is 53.3. The van der Waals surface area contributed by atoms with Gasteiger partial charge in [0, 0.05) is 32.3 Å². The van der Waals surface area contributed by atoms with Gasteiger partial charge in [-0.15, -0.1) is 0 Å². The molecule has 0 saturated heterocycles. The zero-order valence-corrected chi connectivity index (χ0v) is 18.8. The number of carbonyl (C=O) groups excluding carboxylic acids is 3. The smallest absolute Gasteiger partial charge is 0.309 e. The van der Waals surface area contributed by atoms with Gasteiger partial charge in [-0.3, -0.25) is 28.7 Å². The molecule has 0 fully saturated rings. The maximum Gasteiger partial charge on any atom is 0.309 e. The Labute approximate surface area is 197 Å². The van der Waals surface area contributed by atoms with Crippen molar-refractivity contribution in [1.29, 1.82) is 0 Å². The van der Waals surface area contributed by atoms with Crippen LogP contribution >= 0.6 is 0 Å². The molecular formula is C23H22FN5O6. The molecule has 182 valence electrons. The van der Waals surface area contributed by atoms with Crippen molar-refractivity contribution in [2.45, 2.75) is 19.1 Å². The minimum atomic E-state index is -0.877. The standard InChI is InChI=1S/C23H22FN5O6/c1-25-20(31)15-18(30)16-17-19(12(8-27-16)7-11-3-5-13(24)6-4-11)35-14(10-29(17)23(15)34)9-28-22(33)21(32)26-2/h3-6,8,14,30H,7,9-10H2,1-2H3,(H,25,31)(H,26,32)(H,28,33). The van der Waals surface area contributed by atoms with Crippen LogP contribution in [0.1, 0.15) is 21.5 Å². The SMILES string of the molecule is CNC(=O)C(=O)NCC1Cn2c(=O)c(C(=O)NC)c(O)c3ncc(Cc4ccc(F)cc4)c(c32)O1. The lowest BCUT2D eigenvalue weighted by Gasteiger charge is -2.29. The summed E-state index contributed by atoms with van der Waals surface area (Å²) >= 11 is 0. The monoisotopic (exact) mass is 483 g/mol. The van der Waals surface area contributed by atoms with Crippen LogP contribution in [0.25, 0.3) is 11.0 Å². The summed E-state index contributed by atoms with van der Waals surface area (Å²) in [5.74, 6) is -3.25. The Balaban J connectivity index is 1.82. The Kier molecular flexibility index (Phi) is 6.36. The Morgan fingerprint density at radius 2 is 1.89 bits per heavy atom. The summed E-state index contributed by atoms with van der Waals surface area (Å²) in [7, 11) is 2.64. The third kappa shape index (κ3) is 4.37. The molecule has 1 unspecified atom stereocenters. The lowest BCUT2D eigenvalue weighted by atomic mass is 10.0. The van der Waals surface area contributed by atoms with Gasteiger partial charge in [-0.2, -0.15) is 0 Å². The molecule has 1 aromatic carbocycles. The number of aromatic hydroxyl groups is 1. The molecule has 0 saturated carbocycles. The van der Waals surface area contributed by atoms with E-state index in [1.54, 1.807) is 12.1 Å². The van der Waals surface area contributed by atoms with Crippen LogP contribution in [0.15, 0.2) is 35.3 Å². The van der Waals surface area contributed by atoms with Gasteiger partial charge in [0.2, 0.25) is 0 Å². The molecule has 35 heavy (non-hydrogen) atoms. The maximum atomic E-state index is 13.3. The van der Waals surface area contributed by atoms with Crippen molar-refractivity contribution >= 4 is 28.8 Å². The number of hydrogen-bond acceptors (Lipinski definition) is 7. The number of amides is 3. The zero-order valence-electron chi connectivity index (χ0n) is 18.8. The highest BCUT2D eigenvalue weighted by Gasteiger charge is 2.32. The van der Waals surface area contributed by atoms with Crippen LogP contribution in [0.2, 0.25) is 0 Å². The van der Waals surface area contributed by atoms with Crippen LogP contribution in [-0.4, -0.2) is 59.1 Å². The van der Waals surface area contributed by atoms with Gasteiger partial charge in [-0.1, -0.05) is 12.1 Å². The van der Waals surface area contributed by atoms with E-state index in [-0.39, 0.29) is 36.3 Å². The first-order valence-corrected chi connectivity index (χ1v) is 10.7. The molecule has 1 aliphatic rings. The zero-order chi connectivity index (χ0) is 25.3. The van der Waals surface area contributed by atoms with Crippen LogP contribution in [-0.2, 0) is 22.6 Å². The first-order chi connectivity index (χ1) is 16.7. The molecule has 4 rings (SSSR count). The topological polar surface area (TPSA) is 152 Å². The van der Waals surface area contributed by atoms with E-state index < -0.39 is 46.5 Å². The third-order valence-electron chi connectivity index (χ3n) is 5.63. The highest BCUT2D eigenvalue weighted by atomic mass is 19.1. The van der Waals surface area contributed by atoms with Crippen LogP contribution in [0, 0.1) is 5.82 Å². The van der Waals surface area contributed by atoms with Crippen molar-refractivity contribution in [3.8, 4) is 11.5 Å². The lowest BCUT2D eigenvalue weighted by molar-refractivity contribution is -0.139. The molecule has 1 atom stereocenters. The Morgan fingerprint density at radius 3 is 2.54 bits per heavy atom. The van der Waals surface area contributed by atoms with Crippen LogP contribution < -0.4 is 26.2 Å². The number of halogens is 1. The molecule has 12 heteroatoms. The van der Waals surface area contributed by atoms with Crippen LogP contribution in [0.4, 0.5) is 4.39 Å². The van der Waals surface area contributed by atoms with Gasteiger partial charge >= 0.3 is 11.8 Å². The van der Waals surface area contributed by atoms with Crippen molar-refractivity contribution < 1.29 is 28.6 Å². The fourth-order valence-corrected chi connectivity index (χ4v) is 3.90. The molecule has 4 N–H and O–H groups in total. The molecule has 3 heterocycles. The van der Waals surface area contributed by atoms with Gasteiger partial charge < -0.3 is 25.8 Å². The number of likely N-dealkylation sites (N-methyl/N-ethyl adjacent to an activating group) is 1. The van der Waals surface area contributed by atoms with E-state index in [2.05, 4.69) is 20.9 Å². The predicted octanol–water partition coefficient (Wildman–Crippen LogP) is -0.185. The van der Waals surface area contributed by atoms with Crippen molar-refractivity contribution in [3.05, 3.63) is 63.3 Å². The summed E-state index contributed by atoms with van der Waals surface area (Å²) in [5.41, 5.74) is 0.221. The number of rotatable bonds is 5. The van der Waals surface area contributed by atoms with Crippen LogP contribution in [0.5, 0.6) is 11.5 Å². The minimum absolute atomic E-state index is 0.00565. The van der Waals surface area contributed by atoms with E-state index in [9.17, 15) is 28.7 Å². The number of benzene rings is 1. The molecule has 0 aliphatic carbocycles. The summed E-state index contributed by atoms with van der Waals surface area (Å²) in [6.45, 7) is -0.198. The average Bonchev–Trinajstić information content (AvgIpc) is 2.86. The normalized spacial score (nSPS) is 14.2. The molecule has 1 aliphatic heterocycles. The third-order valence-corrected chi connectivity index (χ3v) is 5.63. The van der Waals surface area contributed by atoms with E-state index >= 15 is 0 Å². The largest absolute Gasteiger partial charge is 0.505 e. The lowest BCUT2D eigenvalue weighted by Crippen LogP contribution is -2.46. The second-order valence-electron chi connectivity index (χ2n) is 7.86. The molecule has 2 aromatic heterocycles. The van der Waals surface area contributed by atoms with E-state index in [1.165, 1.54) is 37.0 Å². The van der Waals surface area contributed by atoms with Gasteiger partial charge in [-0.25, -0.2) is 4.39 Å². The molecule has 0 spiro atoms. The first kappa shape index (κ1) is 23.7. The van der Waals surface area contributed by atoms with E-state index in [0.29, 0.717) is 5.56 Å². The molecule has 11 nitrogen and oxygen atoms in total. The highest BCUT2D eigenvalue weighted by molar-refractivity contribution is 6.35. The molecule has 3 amide bonds. The van der Waals surface area contributed by atoms with Crippen molar-refractivity contribution in [3.63, 3.8) is 0 Å². The van der Waals surface area contributed by atoms with E-state index in [1.807, 2.05) is 0 Å². The molecule has 0 radical (unpaired) electrons. The summed E-state index contributed by atoms with van der Waals surface area (Å²) in [6, 6.07) is 5.81. The quantitative estimate of drug-likeness (QED) is 0.367. The van der Waals surface area contributed by atoms with E-state index in [4.69, 9.17) is 4.74 Å². The fourth-order valence-electron chi connectivity index (χ4n) is 3.90. The molecular weight excluding hydrogens is 461 g/mol. The summed E-state index contributed by atoms with van der Waals surface area (Å²) < 4.78 is 20.7. The molecule has 0 bridgehead atoms. The number of nitrogens with zero attached hydrogens (tertiary/aromatic N) is 2. The van der Waals surface area contributed by atoms with Gasteiger partial charge in [0.05, 0.1) is 13.1 Å². The van der Waals surface area contributed by atoms with Crippen LogP contribution in [0.3, 0.4) is 0 Å². The van der Waals surface area contributed by atoms with Gasteiger partial charge in [-0.05, 0) is 17.7 Å². The molecule has 3 aromatic rings. The van der Waals surface area contributed by atoms with Crippen molar-refractivity contribution in [2.24, 2.45) is 0 Å². The highest BCUT2D eigenvalue weighted by Crippen LogP contribution is 2.37. The summed E-state index contributed by atoms with van der Waals surface area (Å²) in [6.07, 6.45) is 0.921. The number of pyridine rings is 2. The van der Waals surface area contributed by atoms with Crippen molar-refractivity contribution in [2.75, 3.05) is 20.6 Å². The second-order valence-corrected chi connectivity index (χ2v) is 7.86. The Morgan fingerprint density at radius 1 is 1.17 bits per heavy atom. The minimum Gasteiger partial charge on any atom is -0.505 e. The number of aromatic nitrogens is 2. The maximum absolute atomic E-state index is 13.3. The van der Waals surface area contributed by atoms with E-state index in [0.717, 1.165) is 5.56 Å². The van der Waals surface area contributed by atoms with Gasteiger partial charge in [0.1, 0.15) is 28.5 Å². The number of hydrogen-bond donors (Lipinski definition) is 4. The first-order valence-electron chi connectivity index (χ1n) is 10.7. The fraction of sp³-hybridized carbons (Fsp3) is 0.261. The van der Waals surface area contributed by atoms with Crippen molar-refractivity contribution in [1.82, 2.24) is 25.5 Å². The number of carbonyl (C=O) groups is 3. The van der Waals surface area contributed by atoms with Gasteiger partial charge in [0.25, 0.3) is 11.5 Å². The second kappa shape index (κ2) is 9.41. The van der Waals surface area contributed by atoms with Gasteiger partial charge in [0.15, 0.2) is 11.5 Å². The number of nitrogens with one attached hydrogen (secondary N) is 3.